The summed E-state index contributed by atoms with van der Waals surface area (Å²) >= 11 is 5.87. The molecule has 0 radical (unpaired) electrons. The standard InChI is InChI=1S/C19H20ClN5O2/c1-12-21-10-16-3-2-13(11-25(12)16)18(26)23-15-4-6-24(7-5-15)19(27)17-8-14(20)9-22-17/h2-3,8-11,15,22H,4-7H2,1H3,(H,23,26). The molecule has 1 aliphatic rings. The van der Waals surface area contributed by atoms with Crippen LogP contribution in [0.25, 0.3) is 5.52 Å². The SMILES string of the molecule is Cc1ncc2ccc(C(=O)NC3CCN(C(=O)c4cc(Cl)c[nH]4)CC3)cn12. The van der Waals surface area contributed by atoms with E-state index in [0.29, 0.717) is 29.4 Å². The Bertz CT molecular complexity index is 1000. The van der Waals surface area contributed by atoms with Gasteiger partial charge in [0.2, 0.25) is 0 Å². The number of hydrogen-bond acceptors (Lipinski definition) is 3. The molecule has 8 heteroatoms. The van der Waals surface area contributed by atoms with Crippen molar-refractivity contribution in [2.24, 2.45) is 0 Å². The highest BCUT2D eigenvalue weighted by atomic mass is 35.5. The van der Waals surface area contributed by atoms with Gasteiger partial charge in [0.1, 0.15) is 11.5 Å². The first-order valence-electron chi connectivity index (χ1n) is 8.89. The maximum Gasteiger partial charge on any atom is 0.270 e. The monoisotopic (exact) mass is 385 g/mol. The smallest absolute Gasteiger partial charge is 0.270 e. The molecule has 3 aromatic rings. The van der Waals surface area contributed by atoms with E-state index in [2.05, 4.69) is 15.3 Å². The topological polar surface area (TPSA) is 82.5 Å². The summed E-state index contributed by atoms with van der Waals surface area (Å²) in [7, 11) is 0. The van der Waals surface area contributed by atoms with E-state index in [9.17, 15) is 9.59 Å². The van der Waals surface area contributed by atoms with Gasteiger partial charge in [0.25, 0.3) is 11.8 Å². The van der Waals surface area contributed by atoms with Crippen molar-refractivity contribution in [2.75, 3.05) is 13.1 Å². The molecule has 1 aliphatic heterocycles. The van der Waals surface area contributed by atoms with E-state index >= 15 is 0 Å². The van der Waals surface area contributed by atoms with Gasteiger partial charge in [-0.15, -0.1) is 0 Å². The minimum Gasteiger partial charge on any atom is -0.356 e. The average molecular weight is 386 g/mol. The number of imidazole rings is 1. The number of carbonyl (C=O) groups excluding carboxylic acids is 2. The lowest BCUT2D eigenvalue weighted by Gasteiger charge is -2.32. The molecule has 140 valence electrons. The third-order valence-electron chi connectivity index (χ3n) is 4.97. The highest BCUT2D eigenvalue weighted by molar-refractivity contribution is 6.30. The third-order valence-corrected chi connectivity index (χ3v) is 5.19. The van der Waals surface area contributed by atoms with Gasteiger partial charge in [-0.25, -0.2) is 4.98 Å². The Hall–Kier alpha value is -2.80. The number of halogens is 1. The summed E-state index contributed by atoms with van der Waals surface area (Å²) in [6.07, 6.45) is 6.62. The van der Waals surface area contributed by atoms with Crippen LogP contribution < -0.4 is 5.32 Å². The van der Waals surface area contributed by atoms with Gasteiger partial charge in [-0.2, -0.15) is 0 Å². The average Bonchev–Trinajstić information content (AvgIpc) is 3.27. The fourth-order valence-corrected chi connectivity index (χ4v) is 3.57. The number of nitrogens with one attached hydrogen (secondary N) is 2. The number of fused-ring (bicyclic) bond motifs is 1. The zero-order chi connectivity index (χ0) is 19.0. The summed E-state index contributed by atoms with van der Waals surface area (Å²) < 4.78 is 1.90. The van der Waals surface area contributed by atoms with Crippen molar-refractivity contribution < 1.29 is 9.59 Å². The summed E-state index contributed by atoms with van der Waals surface area (Å²) in [5.41, 5.74) is 2.05. The fourth-order valence-electron chi connectivity index (χ4n) is 3.41. The molecule has 3 aromatic heterocycles. The Morgan fingerprint density at radius 3 is 2.78 bits per heavy atom. The van der Waals surface area contributed by atoms with E-state index in [1.54, 1.807) is 35.6 Å². The Kier molecular flexibility index (Phi) is 4.61. The predicted octanol–water partition coefficient (Wildman–Crippen LogP) is 2.66. The number of amides is 2. The van der Waals surface area contributed by atoms with Crippen molar-refractivity contribution >= 4 is 28.9 Å². The second kappa shape index (κ2) is 7.08. The molecule has 0 unspecified atom stereocenters. The lowest BCUT2D eigenvalue weighted by Crippen LogP contribution is -2.46. The molecule has 2 amide bonds. The molecule has 27 heavy (non-hydrogen) atoms. The normalized spacial score (nSPS) is 15.3. The number of carbonyl (C=O) groups is 2. The predicted molar refractivity (Wildman–Crippen MR) is 102 cm³/mol. The van der Waals surface area contributed by atoms with Crippen LogP contribution in [0.3, 0.4) is 0 Å². The molecule has 0 atom stereocenters. The molecule has 7 nitrogen and oxygen atoms in total. The highest BCUT2D eigenvalue weighted by Gasteiger charge is 2.25. The molecule has 0 aromatic carbocycles. The number of hydrogen-bond donors (Lipinski definition) is 2. The number of aromatic nitrogens is 3. The van der Waals surface area contributed by atoms with Crippen LogP contribution in [0.5, 0.6) is 0 Å². The molecule has 4 heterocycles. The second-order valence-corrected chi connectivity index (χ2v) is 7.23. The Labute approximate surface area is 161 Å². The van der Waals surface area contributed by atoms with Gasteiger partial charge in [0.15, 0.2) is 0 Å². The number of H-pyrrole nitrogens is 1. The van der Waals surface area contributed by atoms with Gasteiger partial charge >= 0.3 is 0 Å². The van der Waals surface area contributed by atoms with Crippen LogP contribution in [-0.4, -0.2) is 50.2 Å². The van der Waals surface area contributed by atoms with E-state index in [4.69, 9.17) is 11.6 Å². The summed E-state index contributed by atoms with van der Waals surface area (Å²) in [5.74, 6) is 0.675. The summed E-state index contributed by atoms with van der Waals surface area (Å²) in [4.78, 5) is 33.9. The lowest BCUT2D eigenvalue weighted by atomic mass is 10.0. The maximum absolute atomic E-state index is 12.6. The van der Waals surface area contributed by atoms with Gasteiger partial charge in [-0.3, -0.25) is 9.59 Å². The molecule has 4 rings (SSSR count). The van der Waals surface area contributed by atoms with Crippen LogP contribution in [0, 0.1) is 6.92 Å². The first-order chi connectivity index (χ1) is 13.0. The molecule has 0 saturated carbocycles. The van der Waals surface area contributed by atoms with Crippen LogP contribution >= 0.6 is 11.6 Å². The van der Waals surface area contributed by atoms with Crippen LogP contribution in [0.2, 0.25) is 5.02 Å². The van der Waals surface area contributed by atoms with E-state index < -0.39 is 0 Å². The minimum absolute atomic E-state index is 0.0494. The molecule has 2 N–H and O–H groups in total. The zero-order valence-electron chi connectivity index (χ0n) is 14.9. The number of rotatable bonds is 3. The molecule has 0 spiro atoms. The summed E-state index contributed by atoms with van der Waals surface area (Å²) in [6, 6.07) is 5.37. The first kappa shape index (κ1) is 17.6. The fraction of sp³-hybridized carbons (Fsp3) is 0.316. The quantitative estimate of drug-likeness (QED) is 0.727. The Balaban J connectivity index is 1.36. The zero-order valence-corrected chi connectivity index (χ0v) is 15.7. The summed E-state index contributed by atoms with van der Waals surface area (Å²) in [6.45, 7) is 3.10. The van der Waals surface area contributed by atoms with E-state index in [1.165, 1.54) is 0 Å². The van der Waals surface area contributed by atoms with Gasteiger partial charge < -0.3 is 19.6 Å². The Morgan fingerprint density at radius 1 is 1.30 bits per heavy atom. The molecule has 0 aliphatic carbocycles. The van der Waals surface area contributed by atoms with Crippen LogP contribution in [-0.2, 0) is 0 Å². The number of aryl methyl sites for hydroxylation is 1. The number of pyridine rings is 1. The van der Waals surface area contributed by atoms with Gasteiger partial charge in [0, 0.05) is 31.5 Å². The first-order valence-corrected chi connectivity index (χ1v) is 9.27. The van der Waals surface area contributed by atoms with Crippen LogP contribution in [0.4, 0.5) is 0 Å². The van der Waals surface area contributed by atoms with Gasteiger partial charge in [-0.1, -0.05) is 11.6 Å². The molecular formula is C19H20ClN5O2. The number of piperidine rings is 1. The summed E-state index contributed by atoms with van der Waals surface area (Å²) in [5, 5.41) is 3.59. The van der Waals surface area contributed by atoms with Gasteiger partial charge in [0.05, 0.1) is 22.3 Å². The van der Waals surface area contributed by atoms with E-state index in [1.807, 2.05) is 17.4 Å². The minimum atomic E-state index is -0.106. The van der Waals surface area contributed by atoms with Crippen molar-refractivity contribution in [1.82, 2.24) is 24.6 Å². The molecule has 0 bridgehead atoms. The van der Waals surface area contributed by atoms with Crippen molar-refractivity contribution in [3.8, 4) is 0 Å². The number of aromatic amines is 1. The van der Waals surface area contributed by atoms with E-state index in [0.717, 1.165) is 24.2 Å². The van der Waals surface area contributed by atoms with Crippen molar-refractivity contribution in [3.05, 3.63) is 58.9 Å². The maximum atomic E-state index is 12.6. The van der Waals surface area contributed by atoms with Gasteiger partial charge in [-0.05, 0) is 38.0 Å². The molecule has 1 saturated heterocycles. The van der Waals surface area contributed by atoms with Crippen molar-refractivity contribution in [3.63, 3.8) is 0 Å². The number of likely N-dealkylation sites (tertiary alicyclic amines) is 1. The van der Waals surface area contributed by atoms with Crippen LogP contribution in [0.15, 0.2) is 36.8 Å². The van der Waals surface area contributed by atoms with Crippen molar-refractivity contribution in [2.45, 2.75) is 25.8 Å². The van der Waals surface area contributed by atoms with Crippen LogP contribution in [0.1, 0.15) is 39.5 Å². The molecule has 1 fully saturated rings. The van der Waals surface area contributed by atoms with E-state index in [-0.39, 0.29) is 17.9 Å². The number of nitrogens with zero attached hydrogens (tertiary/aromatic N) is 3. The lowest BCUT2D eigenvalue weighted by molar-refractivity contribution is 0.0693. The second-order valence-electron chi connectivity index (χ2n) is 6.79. The third kappa shape index (κ3) is 3.55. The molecular weight excluding hydrogens is 366 g/mol. The largest absolute Gasteiger partial charge is 0.356 e. The van der Waals surface area contributed by atoms with Crippen molar-refractivity contribution in [1.29, 1.82) is 0 Å². The highest BCUT2D eigenvalue weighted by Crippen LogP contribution is 2.17. The Morgan fingerprint density at radius 2 is 2.07 bits per heavy atom.